The largest absolute Gasteiger partial charge is 0.468 e. The number of alkyl halides is 2. The van der Waals surface area contributed by atoms with Gasteiger partial charge in [-0.3, -0.25) is 4.79 Å². The molecule has 0 bridgehead atoms. The molecule has 1 atom stereocenters. The molecular weight excluding hydrogens is 228 g/mol. The number of rotatable bonds is 5. The Morgan fingerprint density at radius 1 is 1.41 bits per heavy atom. The zero-order chi connectivity index (χ0) is 12.9. The zero-order valence-electron chi connectivity index (χ0n) is 9.53. The Hall–Kier alpha value is -1.49. The first kappa shape index (κ1) is 13.6. The molecule has 5 heteroatoms. The van der Waals surface area contributed by atoms with Crippen LogP contribution < -0.4 is 5.73 Å². The van der Waals surface area contributed by atoms with E-state index in [4.69, 9.17) is 5.73 Å². The van der Waals surface area contributed by atoms with Gasteiger partial charge in [0.05, 0.1) is 7.11 Å². The van der Waals surface area contributed by atoms with Gasteiger partial charge in [-0.05, 0) is 5.56 Å². The molecule has 0 amide bonds. The molecule has 0 saturated heterocycles. The Kier molecular flexibility index (Phi) is 4.57. The highest BCUT2D eigenvalue weighted by Crippen LogP contribution is 2.25. The van der Waals surface area contributed by atoms with Crippen LogP contribution in [0, 0.1) is 0 Å². The molecule has 0 spiro atoms. The maximum atomic E-state index is 13.6. The van der Waals surface area contributed by atoms with Crippen LogP contribution in [0.3, 0.4) is 0 Å². The standard InChI is InChI=1S/C12H15F2NO2/c1-17-11(16)10(15)8-12(13,14)7-9-5-3-2-4-6-9/h2-6,10H,7-8,15H2,1H3/t10-/m0/s1. The van der Waals surface area contributed by atoms with Gasteiger partial charge in [0, 0.05) is 12.8 Å². The minimum Gasteiger partial charge on any atom is -0.468 e. The van der Waals surface area contributed by atoms with Gasteiger partial charge in [-0.25, -0.2) is 8.78 Å². The second-order valence-corrected chi connectivity index (χ2v) is 3.85. The summed E-state index contributed by atoms with van der Waals surface area (Å²) in [6.45, 7) is 0. The van der Waals surface area contributed by atoms with Crippen molar-refractivity contribution >= 4 is 5.97 Å². The van der Waals surface area contributed by atoms with E-state index in [-0.39, 0.29) is 0 Å². The van der Waals surface area contributed by atoms with Gasteiger partial charge < -0.3 is 10.5 Å². The van der Waals surface area contributed by atoms with E-state index in [1.54, 1.807) is 30.3 Å². The topological polar surface area (TPSA) is 52.3 Å². The van der Waals surface area contributed by atoms with E-state index in [1.807, 2.05) is 0 Å². The summed E-state index contributed by atoms with van der Waals surface area (Å²) in [6, 6.07) is 7.05. The van der Waals surface area contributed by atoms with Crippen LogP contribution in [0.4, 0.5) is 8.78 Å². The zero-order valence-corrected chi connectivity index (χ0v) is 9.53. The molecule has 0 fully saturated rings. The fraction of sp³-hybridized carbons (Fsp3) is 0.417. The second-order valence-electron chi connectivity index (χ2n) is 3.85. The lowest BCUT2D eigenvalue weighted by Crippen LogP contribution is -2.38. The Morgan fingerprint density at radius 2 is 2.00 bits per heavy atom. The van der Waals surface area contributed by atoms with Crippen molar-refractivity contribution in [3.05, 3.63) is 35.9 Å². The van der Waals surface area contributed by atoms with E-state index in [0.717, 1.165) is 7.11 Å². The number of carbonyl (C=O) groups is 1. The second kappa shape index (κ2) is 5.72. The van der Waals surface area contributed by atoms with Crippen molar-refractivity contribution in [2.24, 2.45) is 5.73 Å². The maximum absolute atomic E-state index is 13.6. The summed E-state index contributed by atoms with van der Waals surface area (Å²) in [4.78, 5) is 11.0. The summed E-state index contributed by atoms with van der Waals surface area (Å²) in [5.41, 5.74) is 5.82. The smallest absolute Gasteiger partial charge is 0.322 e. The normalized spacial score (nSPS) is 13.2. The lowest BCUT2D eigenvalue weighted by molar-refractivity contribution is -0.144. The van der Waals surface area contributed by atoms with Crippen molar-refractivity contribution in [2.75, 3.05) is 7.11 Å². The van der Waals surface area contributed by atoms with Crippen LogP contribution in [-0.2, 0) is 16.0 Å². The maximum Gasteiger partial charge on any atom is 0.322 e. The number of methoxy groups -OCH3 is 1. The molecule has 0 saturated carbocycles. The third-order valence-electron chi connectivity index (χ3n) is 2.33. The van der Waals surface area contributed by atoms with E-state index in [9.17, 15) is 13.6 Å². The van der Waals surface area contributed by atoms with Crippen molar-refractivity contribution in [2.45, 2.75) is 24.8 Å². The monoisotopic (exact) mass is 243 g/mol. The Labute approximate surface area is 98.6 Å². The van der Waals surface area contributed by atoms with Crippen LogP contribution in [0.25, 0.3) is 0 Å². The number of nitrogens with two attached hydrogens (primary N) is 1. The van der Waals surface area contributed by atoms with Gasteiger partial charge in [0.2, 0.25) is 0 Å². The molecule has 3 nitrogen and oxygen atoms in total. The number of benzene rings is 1. The fourth-order valence-corrected chi connectivity index (χ4v) is 1.52. The molecule has 0 radical (unpaired) electrons. The van der Waals surface area contributed by atoms with Crippen molar-refractivity contribution in [3.8, 4) is 0 Å². The average Bonchev–Trinajstić information content (AvgIpc) is 2.27. The molecule has 0 aliphatic heterocycles. The number of esters is 1. The van der Waals surface area contributed by atoms with E-state index >= 15 is 0 Å². The third-order valence-corrected chi connectivity index (χ3v) is 2.33. The van der Waals surface area contributed by atoms with E-state index in [1.165, 1.54) is 0 Å². The van der Waals surface area contributed by atoms with Crippen LogP contribution in [0.1, 0.15) is 12.0 Å². The number of hydrogen-bond acceptors (Lipinski definition) is 3. The quantitative estimate of drug-likeness (QED) is 0.802. The first-order valence-electron chi connectivity index (χ1n) is 5.20. The molecule has 0 aliphatic rings. The minimum absolute atomic E-state index is 0.432. The molecule has 2 N–H and O–H groups in total. The number of carbonyl (C=O) groups excluding carboxylic acids is 1. The summed E-state index contributed by atoms with van der Waals surface area (Å²) in [7, 11) is 1.12. The van der Waals surface area contributed by atoms with Crippen molar-refractivity contribution in [1.29, 1.82) is 0 Å². The Bertz CT molecular complexity index is 368. The lowest BCUT2D eigenvalue weighted by Gasteiger charge is -2.19. The predicted molar refractivity (Wildman–Crippen MR) is 59.7 cm³/mol. The van der Waals surface area contributed by atoms with Gasteiger partial charge in [-0.15, -0.1) is 0 Å². The van der Waals surface area contributed by atoms with Gasteiger partial charge in [0.15, 0.2) is 0 Å². The molecule has 0 heterocycles. The van der Waals surface area contributed by atoms with Crippen molar-refractivity contribution in [3.63, 3.8) is 0 Å². The van der Waals surface area contributed by atoms with Crippen LogP contribution in [0.5, 0.6) is 0 Å². The fourth-order valence-electron chi connectivity index (χ4n) is 1.52. The van der Waals surface area contributed by atoms with Crippen molar-refractivity contribution < 1.29 is 18.3 Å². The van der Waals surface area contributed by atoms with Crippen LogP contribution in [0.15, 0.2) is 30.3 Å². The molecular formula is C12H15F2NO2. The molecule has 1 rings (SSSR count). The predicted octanol–water partition coefficient (Wildman–Crippen LogP) is 1.75. The third kappa shape index (κ3) is 4.48. The first-order valence-corrected chi connectivity index (χ1v) is 5.20. The minimum atomic E-state index is -3.02. The van der Waals surface area contributed by atoms with E-state index in [2.05, 4.69) is 4.74 Å². The summed E-state index contributed by atoms with van der Waals surface area (Å²) >= 11 is 0. The number of ether oxygens (including phenoxy) is 1. The number of hydrogen-bond donors (Lipinski definition) is 1. The van der Waals surface area contributed by atoms with E-state index in [0.29, 0.717) is 5.56 Å². The highest BCUT2D eigenvalue weighted by molar-refractivity contribution is 5.75. The van der Waals surface area contributed by atoms with Gasteiger partial charge >= 0.3 is 5.97 Å². The van der Waals surface area contributed by atoms with Gasteiger partial charge in [-0.1, -0.05) is 30.3 Å². The van der Waals surface area contributed by atoms with Crippen LogP contribution >= 0.6 is 0 Å². The molecule has 0 unspecified atom stereocenters. The number of halogens is 2. The summed E-state index contributed by atoms with van der Waals surface area (Å²) in [5.74, 6) is -3.84. The highest BCUT2D eigenvalue weighted by atomic mass is 19.3. The Balaban J connectivity index is 2.60. The van der Waals surface area contributed by atoms with E-state index < -0.39 is 30.8 Å². The van der Waals surface area contributed by atoms with Gasteiger partial charge in [-0.2, -0.15) is 0 Å². The molecule has 1 aromatic carbocycles. The molecule has 1 aromatic rings. The Morgan fingerprint density at radius 3 is 2.53 bits per heavy atom. The molecule has 94 valence electrons. The van der Waals surface area contributed by atoms with Gasteiger partial charge in [0.25, 0.3) is 5.92 Å². The first-order chi connectivity index (χ1) is 7.94. The summed E-state index contributed by atoms with van der Waals surface area (Å²) < 4.78 is 31.4. The molecule has 0 aliphatic carbocycles. The SMILES string of the molecule is COC(=O)[C@@H](N)CC(F)(F)Cc1ccccc1. The van der Waals surface area contributed by atoms with Crippen molar-refractivity contribution in [1.82, 2.24) is 0 Å². The summed E-state index contributed by atoms with van der Waals surface area (Å²) in [5, 5.41) is 0. The highest BCUT2D eigenvalue weighted by Gasteiger charge is 2.34. The average molecular weight is 243 g/mol. The molecule has 17 heavy (non-hydrogen) atoms. The lowest BCUT2D eigenvalue weighted by atomic mass is 10.0. The van der Waals surface area contributed by atoms with Gasteiger partial charge in [0.1, 0.15) is 6.04 Å². The summed E-state index contributed by atoms with van der Waals surface area (Å²) in [6.07, 6.45) is -1.15. The molecule has 0 aromatic heterocycles. The van der Waals surface area contributed by atoms with Crippen LogP contribution in [0.2, 0.25) is 0 Å². The van der Waals surface area contributed by atoms with Crippen LogP contribution in [-0.4, -0.2) is 25.0 Å².